The monoisotopic (exact) mass is 335 g/mol. The summed E-state index contributed by atoms with van der Waals surface area (Å²) in [5.41, 5.74) is 0.683. The van der Waals surface area contributed by atoms with Gasteiger partial charge in [-0.3, -0.25) is 0 Å². The fourth-order valence-corrected chi connectivity index (χ4v) is 3.67. The standard InChI is InChI=1S/C19H27F2N3/c1-2-3-5-14-7-10-24(11-8-14)9-4-6-18-22-17-13-15(20)12-16(21)19(17)23-18/h12-14H,2-11H2,1H3,(H,22,23). The number of benzene rings is 1. The molecule has 2 heterocycles. The van der Waals surface area contributed by atoms with Crippen molar-refractivity contribution in [3.8, 4) is 0 Å². The number of likely N-dealkylation sites (tertiary alicyclic amines) is 1. The van der Waals surface area contributed by atoms with E-state index in [4.69, 9.17) is 0 Å². The van der Waals surface area contributed by atoms with Crippen LogP contribution < -0.4 is 0 Å². The summed E-state index contributed by atoms with van der Waals surface area (Å²) in [4.78, 5) is 9.82. The van der Waals surface area contributed by atoms with E-state index in [0.717, 1.165) is 37.2 Å². The number of fused-ring (bicyclic) bond motifs is 1. The van der Waals surface area contributed by atoms with Crippen molar-refractivity contribution in [2.45, 2.75) is 51.9 Å². The van der Waals surface area contributed by atoms with Crippen molar-refractivity contribution in [2.24, 2.45) is 5.92 Å². The lowest BCUT2D eigenvalue weighted by molar-refractivity contribution is 0.176. The fourth-order valence-electron chi connectivity index (χ4n) is 3.67. The van der Waals surface area contributed by atoms with Crippen molar-refractivity contribution in [3.05, 3.63) is 29.6 Å². The van der Waals surface area contributed by atoms with Crippen LogP contribution >= 0.6 is 0 Å². The second-order valence-corrected chi connectivity index (χ2v) is 7.00. The van der Waals surface area contributed by atoms with Gasteiger partial charge in [0, 0.05) is 12.5 Å². The van der Waals surface area contributed by atoms with Gasteiger partial charge in [0.25, 0.3) is 0 Å². The summed E-state index contributed by atoms with van der Waals surface area (Å²) < 4.78 is 26.9. The number of hydrogen-bond donors (Lipinski definition) is 1. The number of unbranched alkanes of at least 4 members (excludes halogenated alkanes) is 1. The van der Waals surface area contributed by atoms with Crippen LogP contribution in [0.2, 0.25) is 0 Å². The summed E-state index contributed by atoms with van der Waals surface area (Å²) in [5, 5.41) is 0. The van der Waals surface area contributed by atoms with Crippen LogP contribution in [0.1, 0.15) is 51.3 Å². The first kappa shape index (κ1) is 17.3. The van der Waals surface area contributed by atoms with Crippen LogP contribution in [0.4, 0.5) is 8.78 Å². The number of aromatic nitrogens is 2. The molecule has 0 atom stereocenters. The highest BCUT2D eigenvalue weighted by Crippen LogP contribution is 2.23. The van der Waals surface area contributed by atoms with E-state index in [1.54, 1.807) is 0 Å². The fraction of sp³-hybridized carbons (Fsp3) is 0.632. The summed E-state index contributed by atoms with van der Waals surface area (Å²) in [5.74, 6) is 0.490. The van der Waals surface area contributed by atoms with Crippen molar-refractivity contribution in [1.29, 1.82) is 0 Å². The Morgan fingerprint density at radius 1 is 1.21 bits per heavy atom. The molecule has 0 amide bonds. The third-order valence-electron chi connectivity index (χ3n) is 5.11. The summed E-state index contributed by atoms with van der Waals surface area (Å²) >= 11 is 0. The number of imidazole rings is 1. The van der Waals surface area contributed by atoms with E-state index in [2.05, 4.69) is 21.8 Å². The molecule has 0 bridgehead atoms. The lowest BCUT2D eigenvalue weighted by Crippen LogP contribution is -2.34. The second-order valence-electron chi connectivity index (χ2n) is 7.00. The Labute approximate surface area is 142 Å². The summed E-state index contributed by atoms with van der Waals surface area (Å²) in [6.07, 6.45) is 8.42. The molecule has 5 heteroatoms. The quantitative estimate of drug-likeness (QED) is 0.797. The van der Waals surface area contributed by atoms with Crippen LogP contribution in [0, 0.1) is 17.6 Å². The highest BCUT2D eigenvalue weighted by Gasteiger charge is 2.18. The summed E-state index contributed by atoms with van der Waals surface area (Å²) in [7, 11) is 0. The number of aromatic amines is 1. The van der Waals surface area contributed by atoms with Crippen molar-refractivity contribution in [3.63, 3.8) is 0 Å². The van der Waals surface area contributed by atoms with Crippen molar-refractivity contribution >= 4 is 11.0 Å². The van der Waals surface area contributed by atoms with Crippen molar-refractivity contribution < 1.29 is 8.78 Å². The van der Waals surface area contributed by atoms with Gasteiger partial charge in [-0.15, -0.1) is 0 Å². The van der Waals surface area contributed by atoms with Gasteiger partial charge in [0.15, 0.2) is 5.82 Å². The zero-order valence-corrected chi connectivity index (χ0v) is 14.5. The minimum absolute atomic E-state index is 0.239. The smallest absolute Gasteiger partial charge is 0.153 e. The van der Waals surface area contributed by atoms with Crippen LogP contribution in [-0.2, 0) is 6.42 Å². The van der Waals surface area contributed by atoms with E-state index in [1.165, 1.54) is 51.3 Å². The molecule has 132 valence electrons. The normalized spacial score (nSPS) is 17.0. The van der Waals surface area contributed by atoms with Gasteiger partial charge in [0.2, 0.25) is 0 Å². The summed E-state index contributed by atoms with van der Waals surface area (Å²) in [6, 6.07) is 2.19. The molecular weight excluding hydrogens is 308 g/mol. The van der Waals surface area contributed by atoms with Crippen molar-refractivity contribution in [1.82, 2.24) is 14.9 Å². The molecule has 0 unspecified atom stereocenters. The number of H-pyrrole nitrogens is 1. The van der Waals surface area contributed by atoms with Gasteiger partial charge >= 0.3 is 0 Å². The second kappa shape index (κ2) is 8.06. The third-order valence-corrected chi connectivity index (χ3v) is 5.11. The first-order chi connectivity index (χ1) is 11.7. The van der Waals surface area contributed by atoms with Gasteiger partial charge in [-0.2, -0.15) is 0 Å². The Bertz CT molecular complexity index is 660. The van der Waals surface area contributed by atoms with E-state index in [9.17, 15) is 8.78 Å². The van der Waals surface area contributed by atoms with Crippen LogP contribution in [0.25, 0.3) is 11.0 Å². The predicted molar refractivity (Wildman–Crippen MR) is 93.0 cm³/mol. The maximum atomic E-state index is 13.7. The van der Waals surface area contributed by atoms with Gasteiger partial charge in [-0.05, 0) is 50.9 Å². The molecule has 1 fully saturated rings. The number of aryl methyl sites for hydroxylation is 1. The number of halogens is 2. The highest BCUT2D eigenvalue weighted by molar-refractivity contribution is 5.75. The van der Waals surface area contributed by atoms with Gasteiger partial charge in [-0.25, -0.2) is 13.8 Å². The van der Waals surface area contributed by atoms with Crippen LogP contribution in [-0.4, -0.2) is 34.5 Å². The molecule has 1 aliphatic rings. The van der Waals surface area contributed by atoms with Gasteiger partial charge < -0.3 is 9.88 Å². The molecule has 3 rings (SSSR count). The van der Waals surface area contributed by atoms with Crippen LogP contribution in [0.15, 0.2) is 12.1 Å². The molecule has 1 saturated heterocycles. The average Bonchev–Trinajstić information content (AvgIpc) is 2.97. The highest BCUT2D eigenvalue weighted by atomic mass is 19.1. The Hall–Kier alpha value is -1.49. The van der Waals surface area contributed by atoms with E-state index in [1.807, 2.05) is 0 Å². The number of piperidine rings is 1. The molecule has 0 spiro atoms. The minimum atomic E-state index is -0.596. The zero-order chi connectivity index (χ0) is 16.9. The van der Waals surface area contributed by atoms with Gasteiger partial charge in [-0.1, -0.05) is 26.2 Å². The van der Waals surface area contributed by atoms with Gasteiger partial charge in [0.05, 0.1) is 5.52 Å². The predicted octanol–water partition coefficient (Wildman–Crippen LogP) is 4.68. The molecule has 1 aromatic carbocycles. The Kier molecular flexibility index (Phi) is 5.82. The average molecular weight is 335 g/mol. The lowest BCUT2D eigenvalue weighted by atomic mass is 9.91. The van der Waals surface area contributed by atoms with E-state index in [0.29, 0.717) is 5.52 Å². The third kappa shape index (κ3) is 4.32. The van der Waals surface area contributed by atoms with E-state index < -0.39 is 11.6 Å². The molecule has 0 saturated carbocycles. The van der Waals surface area contributed by atoms with Crippen LogP contribution in [0.5, 0.6) is 0 Å². The van der Waals surface area contributed by atoms with Crippen molar-refractivity contribution in [2.75, 3.05) is 19.6 Å². The van der Waals surface area contributed by atoms with E-state index >= 15 is 0 Å². The molecule has 0 radical (unpaired) electrons. The SMILES string of the molecule is CCCCC1CCN(CCCc2nc3c(F)cc(F)cc3[nH]2)CC1. The largest absolute Gasteiger partial charge is 0.342 e. The zero-order valence-electron chi connectivity index (χ0n) is 14.5. The first-order valence-electron chi connectivity index (χ1n) is 9.21. The molecule has 3 nitrogen and oxygen atoms in total. The molecular formula is C19H27F2N3. The number of nitrogens with zero attached hydrogens (tertiary/aromatic N) is 2. The maximum absolute atomic E-state index is 13.7. The molecule has 24 heavy (non-hydrogen) atoms. The maximum Gasteiger partial charge on any atom is 0.153 e. The topological polar surface area (TPSA) is 31.9 Å². The molecule has 2 aromatic rings. The van der Waals surface area contributed by atoms with E-state index in [-0.39, 0.29) is 5.52 Å². The Morgan fingerprint density at radius 3 is 2.75 bits per heavy atom. The molecule has 1 aliphatic heterocycles. The number of rotatable bonds is 7. The number of nitrogens with one attached hydrogen (secondary N) is 1. The number of hydrogen-bond acceptors (Lipinski definition) is 2. The lowest BCUT2D eigenvalue weighted by Gasteiger charge is -2.31. The molecule has 0 aliphatic carbocycles. The van der Waals surface area contributed by atoms with Crippen LogP contribution in [0.3, 0.4) is 0 Å². The Morgan fingerprint density at radius 2 is 2.00 bits per heavy atom. The first-order valence-corrected chi connectivity index (χ1v) is 9.21. The summed E-state index contributed by atoms with van der Waals surface area (Å²) in [6.45, 7) is 5.69. The molecule has 1 N–H and O–H groups in total. The Balaban J connectivity index is 1.45. The van der Waals surface area contributed by atoms with Gasteiger partial charge in [0.1, 0.15) is 17.2 Å². The minimum Gasteiger partial charge on any atom is -0.342 e. The molecule has 1 aromatic heterocycles.